The summed E-state index contributed by atoms with van der Waals surface area (Å²) in [6, 6.07) is 4.54. The van der Waals surface area contributed by atoms with E-state index in [0.29, 0.717) is 6.42 Å². The van der Waals surface area contributed by atoms with Gasteiger partial charge in [0, 0.05) is 9.61 Å². The maximum absolute atomic E-state index is 12.0. The van der Waals surface area contributed by atoms with Crippen molar-refractivity contribution in [1.29, 1.82) is 0 Å². The lowest BCUT2D eigenvalue weighted by Crippen LogP contribution is -2.36. The summed E-state index contributed by atoms with van der Waals surface area (Å²) >= 11 is 2.15. The van der Waals surface area contributed by atoms with E-state index < -0.39 is 16.1 Å². The minimum Gasteiger partial charge on any atom is -0.395 e. The van der Waals surface area contributed by atoms with Crippen LogP contribution in [0.3, 0.4) is 0 Å². The van der Waals surface area contributed by atoms with Crippen LogP contribution in [0.2, 0.25) is 0 Å². The SMILES string of the molecule is CC[C@@H](CO)NS(=O)(=O)c1ccc(I)c(C)c1. The minimum absolute atomic E-state index is 0.195. The van der Waals surface area contributed by atoms with Crippen LogP contribution in [0.4, 0.5) is 0 Å². The number of aliphatic hydroxyl groups excluding tert-OH is 1. The highest BCUT2D eigenvalue weighted by Crippen LogP contribution is 2.17. The van der Waals surface area contributed by atoms with Gasteiger partial charge in [-0.2, -0.15) is 0 Å². The van der Waals surface area contributed by atoms with Gasteiger partial charge in [0.25, 0.3) is 0 Å². The molecule has 0 aromatic heterocycles. The molecule has 17 heavy (non-hydrogen) atoms. The Morgan fingerprint density at radius 1 is 1.47 bits per heavy atom. The molecule has 0 aliphatic heterocycles. The number of aryl methyl sites for hydroxylation is 1. The Morgan fingerprint density at radius 3 is 2.59 bits per heavy atom. The number of aliphatic hydroxyl groups is 1. The predicted octanol–water partition coefficient (Wildman–Crippen LogP) is 1.65. The standard InChI is InChI=1S/C11H16INO3S/c1-3-9(7-14)13-17(15,16)10-4-5-11(12)8(2)6-10/h4-6,9,13-14H,3,7H2,1-2H3/t9-/m0/s1. The normalized spacial score (nSPS) is 13.6. The third-order valence-corrected chi connectivity index (χ3v) is 5.20. The maximum atomic E-state index is 12.0. The van der Waals surface area contributed by atoms with Crippen LogP contribution in [0.5, 0.6) is 0 Å². The summed E-state index contributed by atoms with van der Waals surface area (Å²) < 4.78 is 27.5. The Labute approximate surface area is 116 Å². The van der Waals surface area contributed by atoms with E-state index in [1.807, 2.05) is 13.8 Å². The van der Waals surface area contributed by atoms with Crippen LogP contribution in [0.15, 0.2) is 23.1 Å². The van der Waals surface area contributed by atoms with Gasteiger partial charge < -0.3 is 5.11 Å². The van der Waals surface area contributed by atoms with E-state index in [2.05, 4.69) is 27.3 Å². The van der Waals surface area contributed by atoms with Crippen molar-refractivity contribution in [2.24, 2.45) is 0 Å². The van der Waals surface area contributed by atoms with Crippen molar-refractivity contribution < 1.29 is 13.5 Å². The molecule has 2 N–H and O–H groups in total. The Balaban J connectivity index is 3.01. The molecule has 0 radical (unpaired) electrons. The highest BCUT2D eigenvalue weighted by atomic mass is 127. The van der Waals surface area contributed by atoms with Crippen molar-refractivity contribution >= 4 is 32.6 Å². The van der Waals surface area contributed by atoms with E-state index in [4.69, 9.17) is 5.11 Å². The molecule has 0 unspecified atom stereocenters. The van der Waals surface area contributed by atoms with Crippen molar-refractivity contribution in [2.45, 2.75) is 31.2 Å². The molecule has 96 valence electrons. The van der Waals surface area contributed by atoms with Crippen LogP contribution in [-0.2, 0) is 10.0 Å². The number of hydrogen-bond acceptors (Lipinski definition) is 3. The van der Waals surface area contributed by atoms with E-state index >= 15 is 0 Å². The van der Waals surface area contributed by atoms with Crippen molar-refractivity contribution in [3.05, 3.63) is 27.3 Å². The molecular weight excluding hydrogens is 353 g/mol. The Morgan fingerprint density at radius 2 is 2.12 bits per heavy atom. The number of rotatable bonds is 5. The van der Waals surface area contributed by atoms with Gasteiger partial charge in [-0.25, -0.2) is 13.1 Å². The summed E-state index contributed by atoms with van der Waals surface area (Å²) in [5.74, 6) is 0. The summed E-state index contributed by atoms with van der Waals surface area (Å²) in [6.07, 6.45) is 0.555. The Bertz CT molecular complexity index is 483. The maximum Gasteiger partial charge on any atom is 0.240 e. The lowest BCUT2D eigenvalue weighted by molar-refractivity contribution is 0.254. The molecule has 0 spiro atoms. The number of nitrogens with one attached hydrogen (secondary N) is 1. The van der Waals surface area contributed by atoms with Gasteiger partial charge in [0.1, 0.15) is 0 Å². The number of sulfonamides is 1. The molecule has 1 aromatic carbocycles. The van der Waals surface area contributed by atoms with Crippen LogP contribution in [0, 0.1) is 10.5 Å². The summed E-state index contributed by atoms with van der Waals surface area (Å²) in [7, 11) is -3.54. The second-order valence-corrected chi connectivity index (χ2v) is 6.70. The third-order valence-electron chi connectivity index (χ3n) is 2.47. The first-order valence-electron chi connectivity index (χ1n) is 5.30. The molecule has 0 saturated carbocycles. The van der Waals surface area contributed by atoms with Crippen LogP contribution >= 0.6 is 22.6 Å². The Hall–Kier alpha value is -0.180. The monoisotopic (exact) mass is 369 g/mol. The van der Waals surface area contributed by atoms with Gasteiger partial charge in [-0.1, -0.05) is 6.92 Å². The zero-order valence-corrected chi connectivity index (χ0v) is 12.7. The second kappa shape index (κ2) is 6.12. The molecule has 4 nitrogen and oxygen atoms in total. The molecule has 1 aromatic rings. The first-order chi connectivity index (χ1) is 7.90. The second-order valence-electron chi connectivity index (χ2n) is 3.82. The average Bonchev–Trinajstić information content (AvgIpc) is 2.29. The lowest BCUT2D eigenvalue weighted by atomic mass is 10.2. The zero-order chi connectivity index (χ0) is 13.1. The third kappa shape index (κ3) is 3.90. The predicted molar refractivity (Wildman–Crippen MR) is 75.4 cm³/mol. The fourth-order valence-electron chi connectivity index (χ4n) is 1.32. The molecule has 0 bridgehead atoms. The van der Waals surface area contributed by atoms with Crippen LogP contribution in [-0.4, -0.2) is 26.2 Å². The van der Waals surface area contributed by atoms with Crippen molar-refractivity contribution in [2.75, 3.05) is 6.61 Å². The summed E-state index contributed by atoms with van der Waals surface area (Å²) in [5.41, 5.74) is 0.922. The molecule has 0 aliphatic rings. The Kier molecular flexibility index (Phi) is 5.36. The van der Waals surface area contributed by atoms with Gasteiger partial charge >= 0.3 is 0 Å². The molecule has 0 aliphatic carbocycles. The highest BCUT2D eigenvalue weighted by Gasteiger charge is 2.18. The van der Waals surface area contributed by atoms with Crippen LogP contribution < -0.4 is 4.72 Å². The fourth-order valence-corrected chi connectivity index (χ4v) is 3.05. The molecule has 6 heteroatoms. The van der Waals surface area contributed by atoms with Gasteiger partial charge in [-0.05, 0) is 59.7 Å². The number of benzene rings is 1. The molecule has 0 heterocycles. The van der Waals surface area contributed by atoms with E-state index in [1.165, 1.54) is 0 Å². The minimum atomic E-state index is -3.54. The number of halogens is 1. The molecule has 0 fully saturated rings. The molecular formula is C11H16INO3S. The summed E-state index contributed by atoms with van der Waals surface area (Å²) in [5, 5.41) is 9.01. The van der Waals surface area contributed by atoms with Gasteiger partial charge in [-0.15, -0.1) is 0 Å². The first-order valence-corrected chi connectivity index (χ1v) is 7.86. The molecule has 1 atom stereocenters. The van der Waals surface area contributed by atoms with Crippen LogP contribution in [0.25, 0.3) is 0 Å². The van der Waals surface area contributed by atoms with Crippen molar-refractivity contribution in [3.63, 3.8) is 0 Å². The van der Waals surface area contributed by atoms with Gasteiger partial charge in [0.05, 0.1) is 11.5 Å². The summed E-state index contributed by atoms with van der Waals surface area (Å²) in [6.45, 7) is 3.49. The van der Waals surface area contributed by atoms with E-state index in [1.54, 1.807) is 18.2 Å². The topological polar surface area (TPSA) is 66.4 Å². The van der Waals surface area contributed by atoms with Crippen molar-refractivity contribution in [3.8, 4) is 0 Å². The fraction of sp³-hybridized carbons (Fsp3) is 0.455. The quantitative estimate of drug-likeness (QED) is 0.776. The summed E-state index contributed by atoms with van der Waals surface area (Å²) in [4.78, 5) is 0.238. The molecule has 1 rings (SSSR count). The number of hydrogen-bond donors (Lipinski definition) is 2. The first kappa shape index (κ1) is 14.9. The molecule has 0 amide bonds. The van der Waals surface area contributed by atoms with E-state index in [0.717, 1.165) is 9.13 Å². The van der Waals surface area contributed by atoms with Gasteiger partial charge in [-0.3, -0.25) is 0 Å². The smallest absolute Gasteiger partial charge is 0.240 e. The zero-order valence-electron chi connectivity index (χ0n) is 9.77. The lowest BCUT2D eigenvalue weighted by Gasteiger charge is -2.14. The van der Waals surface area contributed by atoms with E-state index in [-0.39, 0.29) is 11.5 Å². The molecule has 0 saturated heterocycles. The largest absolute Gasteiger partial charge is 0.395 e. The van der Waals surface area contributed by atoms with E-state index in [9.17, 15) is 8.42 Å². The van der Waals surface area contributed by atoms with Gasteiger partial charge in [0.2, 0.25) is 10.0 Å². The average molecular weight is 369 g/mol. The van der Waals surface area contributed by atoms with Crippen LogP contribution in [0.1, 0.15) is 18.9 Å². The highest BCUT2D eigenvalue weighted by molar-refractivity contribution is 14.1. The van der Waals surface area contributed by atoms with Crippen molar-refractivity contribution in [1.82, 2.24) is 4.72 Å². The van der Waals surface area contributed by atoms with Gasteiger partial charge in [0.15, 0.2) is 0 Å².